The Morgan fingerprint density at radius 1 is 1.43 bits per heavy atom. The standard InChI is InChI=1S/C11H18N2O/c1-3-4-9(12)8-5-6-11(14-2)10(13)7-8/h5-7,9H,3-4,12-13H2,1-2H3. The van der Waals surface area contributed by atoms with E-state index in [4.69, 9.17) is 16.2 Å². The van der Waals surface area contributed by atoms with Gasteiger partial charge in [-0.1, -0.05) is 19.4 Å². The van der Waals surface area contributed by atoms with Gasteiger partial charge in [-0.3, -0.25) is 0 Å². The van der Waals surface area contributed by atoms with Gasteiger partial charge >= 0.3 is 0 Å². The van der Waals surface area contributed by atoms with Gasteiger partial charge in [0.25, 0.3) is 0 Å². The average molecular weight is 194 g/mol. The van der Waals surface area contributed by atoms with Crippen molar-refractivity contribution in [3.8, 4) is 5.75 Å². The molecule has 1 unspecified atom stereocenters. The Bertz CT molecular complexity index is 299. The Morgan fingerprint density at radius 2 is 2.14 bits per heavy atom. The van der Waals surface area contributed by atoms with Crippen molar-refractivity contribution in [1.82, 2.24) is 0 Å². The minimum atomic E-state index is 0.0770. The van der Waals surface area contributed by atoms with Crippen molar-refractivity contribution in [3.05, 3.63) is 23.8 Å². The quantitative estimate of drug-likeness (QED) is 0.721. The molecule has 0 radical (unpaired) electrons. The summed E-state index contributed by atoms with van der Waals surface area (Å²) in [6.45, 7) is 2.12. The van der Waals surface area contributed by atoms with Crippen molar-refractivity contribution in [2.75, 3.05) is 12.8 Å². The van der Waals surface area contributed by atoms with Crippen LogP contribution in [0.4, 0.5) is 5.69 Å². The zero-order valence-corrected chi connectivity index (χ0v) is 8.79. The number of nitrogens with two attached hydrogens (primary N) is 2. The predicted octanol–water partition coefficient (Wildman–Crippen LogP) is 2.08. The Hall–Kier alpha value is -1.22. The first-order valence-electron chi connectivity index (χ1n) is 4.88. The summed E-state index contributed by atoms with van der Waals surface area (Å²) in [7, 11) is 1.61. The van der Waals surface area contributed by atoms with Gasteiger partial charge in [0.15, 0.2) is 0 Å². The molecule has 3 heteroatoms. The third-order valence-corrected chi connectivity index (χ3v) is 2.28. The lowest BCUT2D eigenvalue weighted by Gasteiger charge is -2.12. The first-order valence-corrected chi connectivity index (χ1v) is 4.88. The van der Waals surface area contributed by atoms with Crippen molar-refractivity contribution < 1.29 is 4.74 Å². The van der Waals surface area contributed by atoms with Gasteiger partial charge in [-0.2, -0.15) is 0 Å². The van der Waals surface area contributed by atoms with Gasteiger partial charge in [-0.15, -0.1) is 0 Å². The first-order chi connectivity index (χ1) is 6.69. The molecule has 14 heavy (non-hydrogen) atoms. The molecule has 0 heterocycles. The van der Waals surface area contributed by atoms with Crippen LogP contribution in [0.5, 0.6) is 5.75 Å². The number of nitrogen functional groups attached to an aromatic ring is 1. The van der Waals surface area contributed by atoms with Gasteiger partial charge in [-0.05, 0) is 24.1 Å². The molecule has 0 saturated heterocycles. The van der Waals surface area contributed by atoms with Crippen LogP contribution in [-0.4, -0.2) is 7.11 Å². The van der Waals surface area contributed by atoms with Gasteiger partial charge in [0.05, 0.1) is 12.8 Å². The Kier molecular flexibility index (Phi) is 3.77. The molecule has 1 aromatic carbocycles. The monoisotopic (exact) mass is 194 g/mol. The first kappa shape index (κ1) is 10.9. The summed E-state index contributed by atoms with van der Waals surface area (Å²) in [5.41, 5.74) is 13.5. The number of benzene rings is 1. The summed E-state index contributed by atoms with van der Waals surface area (Å²) in [5.74, 6) is 0.706. The maximum atomic E-state index is 5.97. The molecule has 1 rings (SSSR count). The minimum Gasteiger partial charge on any atom is -0.495 e. The summed E-state index contributed by atoms with van der Waals surface area (Å²) in [6.07, 6.45) is 2.05. The van der Waals surface area contributed by atoms with E-state index in [-0.39, 0.29) is 6.04 Å². The topological polar surface area (TPSA) is 61.3 Å². The van der Waals surface area contributed by atoms with Crippen LogP contribution in [0.3, 0.4) is 0 Å². The molecule has 0 aliphatic rings. The van der Waals surface area contributed by atoms with Gasteiger partial charge in [0.2, 0.25) is 0 Å². The van der Waals surface area contributed by atoms with E-state index in [0.29, 0.717) is 11.4 Å². The van der Waals surface area contributed by atoms with Gasteiger partial charge in [-0.25, -0.2) is 0 Å². The molecular formula is C11H18N2O. The fourth-order valence-corrected chi connectivity index (χ4v) is 1.46. The van der Waals surface area contributed by atoms with Crippen molar-refractivity contribution >= 4 is 5.69 Å². The SMILES string of the molecule is CCCC(N)c1ccc(OC)c(N)c1. The van der Waals surface area contributed by atoms with Crippen LogP contribution in [0.2, 0.25) is 0 Å². The molecule has 1 atom stereocenters. The minimum absolute atomic E-state index is 0.0770. The fraction of sp³-hybridized carbons (Fsp3) is 0.455. The van der Waals surface area contributed by atoms with Crippen LogP contribution in [0.1, 0.15) is 31.4 Å². The second kappa shape index (κ2) is 4.86. The number of hydrogen-bond acceptors (Lipinski definition) is 3. The molecule has 0 aliphatic heterocycles. The molecule has 0 spiro atoms. The van der Waals surface area contributed by atoms with Crippen LogP contribution in [0.15, 0.2) is 18.2 Å². The number of ether oxygens (including phenoxy) is 1. The largest absolute Gasteiger partial charge is 0.495 e. The van der Waals surface area contributed by atoms with Crippen molar-refractivity contribution in [3.63, 3.8) is 0 Å². The van der Waals surface area contributed by atoms with Crippen molar-refractivity contribution in [2.24, 2.45) is 5.73 Å². The smallest absolute Gasteiger partial charge is 0.141 e. The lowest BCUT2D eigenvalue weighted by atomic mass is 10.0. The number of methoxy groups -OCH3 is 1. The third-order valence-electron chi connectivity index (χ3n) is 2.28. The van der Waals surface area contributed by atoms with Crippen LogP contribution < -0.4 is 16.2 Å². The van der Waals surface area contributed by atoms with Gasteiger partial charge in [0.1, 0.15) is 5.75 Å². The van der Waals surface area contributed by atoms with Crippen LogP contribution in [-0.2, 0) is 0 Å². The van der Waals surface area contributed by atoms with E-state index in [9.17, 15) is 0 Å². The molecule has 0 aromatic heterocycles. The molecule has 0 aliphatic carbocycles. The third kappa shape index (κ3) is 2.39. The van der Waals surface area contributed by atoms with E-state index in [1.54, 1.807) is 7.11 Å². The van der Waals surface area contributed by atoms with E-state index in [0.717, 1.165) is 18.4 Å². The van der Waals surface area contributed by atoms with E-state index >= 15 is 0 Å². The van der Waals surface area contributed by atoms with Crippen molar-refractivity contribution in [1.29, 1.82) is 0 Å². The highest BCUT2D eigenvalue weighted by atomic mass is 16.5. The van der Waals surface area contributed by atoms with E-state index in [1.165, 1.54) is 0 Å². The molecule has 0 fully saturated rings. The van der Waals surface area contributed by atoms with E-state index < -0.39 is 0 Å². The van der Waals surface area contributed by atoms with Crippen LogP contribution in [0.25, 0.3) is 0 Å². The van der Waals surface area contributed by atoms with E-state index in [2.05, 4.69) is 6.92 Å². The molecule has 0 amide bonds. The molecule has 0 bridgehead atoms. The zero-order valence-electron chi connectivity index (χ0n) is 8.79. The lowest BCUT2D eigenvalue weighted by molar-refractivity contribution is 0.416. The molecule has 4 N–H and O–H groups in total. The van der Waals surface area contributed by atoms with Crippen LogP contribution >= 0.6 is 0 Å². The number of anilines is 1. The maximum Gasteiger partial charge on any atom is 0.141 e. The second-order valence-corrected chi connectivity index (χ2v) is 3.40. The van der Waals surface area contributed by atoms with Gasteiger partial charge in [0, 0.05) is 6.04 Å². The molecule has 78 valence electrons. The van der Waals surface area contributed by atoms with E-state index in [1.807, 2.05) is 18.2 Å². The Balaban J connectivity index is 2.85. The molecule has 1 aromatic rings. The second-order valence-electron chi connectivity index (χ2n) is 3.40. The molecule has 3 nitrogen and oxygen atoms in total. The molecular weight excluding hydrogens is 176 g/mol. The number of hydrogen-bond donors (Lipinski definition) is 2. The summed E-state index contributed by atoms with van der Waals surface area (Å²) in [5, 5.41) is 0. The maximum absolute atomic E-state index is 5.97. The van der Waals surface area contributed by atoms with Crippen molar-refractivity contribution in [2.45, 2.75) is 25.8 Å². The molecule has 0 saturated carbocycles. The zero-order chi connectivity index (χ0) is 10.6. The highest BCUT2D eigenvalue weighted by Crippen LogP contribution is 2.25. The average Bonchev–Trinajstić information content (AvgIpc) is 2.18. The van der Waals surface area contributed by atoms with Crippen LogP contribution in [0, 0.1) is 0 Å². The predicted molar refractivity (Wildman–Crippen MR) is 59.2 cm³/mol. The summed E-state index contributed by atoms with van der Waals surface area (Å²) < 4.78 is 5.07. The summed E-state index contributed by atoms with van der Waals surface area (Å²) >= 11 is 0. The number of rotatable bonds is 4. The Morgan fingerprint density at radius 3 is 2.64 bits per heavy atom. The summed E-state index contributed by atoms with van der Waals surface area (Å²) in [4.78, 5) is 0. The Labute approximate surface area is 85.0 Å². The highest BCUT2D eigenvalue weighted by Gasteiger charge is 2.07. The lowest BCUT2D eigenvalue weighted by Crippen LogP contribution is -2.10. The van der Waals surface area contributed by atoms with Gasteiger partial charge < -0.3 is 16.2 Å². The highest BCUT2D eigenvalue weighted by molar-refractivity contribution is 5.54. The summed E-state index contributed by atoms with van der Waals surface area (Å²) in [6, 6.07) is 5.79. The fourth-order valence-electron chi connectivity index (χ4n) is 1.46. The normalized spacial score (nSPS) is 12.5.